The molecule has 0 heterocycles. The molecular weight excluding hydrogens is 262 g/mol. The largest absolute Gasteiger partial charge is 0.489 e. The van der Waals surface area contributed by atoms with Gasteiger partial charge in [-0.15, -0.1) is 0 Å². The Bertz CT molecular complexity index is 427. The zero-order valence-corrected chi connectivity index (χ0v) is 9.83. The van der Waals surface area contributed by atoms with Crippen LogP contribution in [-0.2, 0) is 12.8 Å². The standard InChI is InChI=1S/C10H10BrNO3/c1-15-10-8(11)5-6-3-2-4-7(6)9(10)12(13)14/h5H,2-4H2,1H3. The fourth-order valence-electron chi connectivity index (χ4n) is 2.05. The maximum Gasteiger partial charge on any atom is 0.315 e. The molecule has 0 aliphatic heterocycles. The molecular formula is C10H10BrNO3. The second kappa shape index (κ2) is 3.81. The molecule has 2 rings (SSSR count). The molecule has 1 aliphatic rings. The maximum atomic E-state index is 11.0. The van der Waals surface area contributed by atoms with Crippen molar-refractivity contribution in [1.29, 1.82) is 0 Å². The second-order valence-electron chi connectivity index (χ2n) is 3.49. The number of hydrogen-bond acceptors (Lipinski definition) is 3. The molecule has 0 radical (unpaired) electrons. The maximum absolute atomic E-state index is 11.0. The van der Waals surface area contributed by atoms with E-state index in [1.165, 1.54) is 7.11 Å². The number of aryl methyl sites for hydroxylation is 1. The number of rotatable bonds is 2. The summed E-state index contributed by atoms with van der Waals surface area (Å²) in [7, 11) is 1.45. The van der Waals surface area contributed by atoms with Gasteiger partial charge < -0.3 is 4.74 Å². The van der Waals surface area contributed by atoms with Crippen LogP contribution in [0.3, 0.4) is 0 Å². The van der Waals surface area contributed by atoms with Crippen molar-refractivity contribution in [3.63, 3.8) is 0 Å². The number of nitro groups is 1. The van der Waals surface area contributed by atoms with Gasteiger partial charge >= 0.3 is 5.69 Å². The summed E-state index contributed by atoms with van der Waals surface area (Å²) in [5.74, 6) is 0.334. The van der Waals surface area contributed by atoms with Gasteiger partial charge in [0.15, 0.2) is 0 Å². The van der Waals surface area contributed by atoms with Crippen molar-refractivity contribution >= 4 is 21.6 Å². The van der Waals surface area contributed by atoms with Crippen molar-refractivity contribution in [3.05, 3.63) is 31.8 Å². The lowest BCUT2D eigenvalue weighted by atomic mass is 10.1. The van der Waals surface area contributed by atoms with Crippen molar-refractivity contribution in [1.82, 2.24) is 0 Å². The molecule has 0 bridgehead atoms. The lowest BCUT2D eigenvalue weighted by molar-refractivity contribution is -0.386. The van der Waals surface area contributed by atoms with Gasteiger partial charge in [-0.1, -0.05) is 0 Å². The monoisotopic (exact) mass is 271 g/mol. The Balaban J connectivity index is 2.71. The molecule has 4 nitrogen and oxygen atoms in total. The van der Waals surface area contributed by atoms with Crippen LogP contribution in [-0.4, -0.2) is 12.0 Å². The lowest BCUT2D eigenvalue weighted by Gasteiger charge is -2.08. The summed E-state index contributed by atoms with van der Waals surface area (Å²) in [6.07, 6.45) is 2.67. The van der Waals surface area contributed by atoms with Gasteiger partial charge in [0.25, 0.3) is 0 Å². The molecule has 0 fully saturated rings. The van der Waals surface area contributed by atoms with Crippen molar-refractivity contribution in [3.8, 4) is 5.75 Å². The van der Waals surface area contributed by atoms with Crippen LogP contribution in [0, 0.1) is 10.1 Å². The minimum absolute atomic E-state index is 0.124. The van der Waals surface area contributed by atoms with Gasteiger partial charge in [-0.25, -0.2) is 0 Å². The van der Waals surface area contributed by atoms with Gasteiger partial charge in [-0.2, -0.15) is 0 Å². The first kappa shape index (κ1) is 10.4. The summed E-state index contributed by atoms with van der Waals surface area (Å²) in [6.45, 7) is 0. The van der Waals surface area contributed by atoms with Crippen LogP contribution in [0.5, 0.6) is 5.75 Å². The third-order valence-electron chi connectivity index (χ3n) is 2.67. The topological polar surface area (TPSA) is 52.4 Å². The Morgan fingerprint density at radius 3 is 2.87 bits per heavy atom. The van der Waals surface area contributed by atoms with Gasteiger partial charge in [0.05, 0.1) is 16.5 Å². The molecule has 0 amide bonds. The summed E-state index contributed by atoms with van der Waals surface area (Å²) in [5, 5.41) is 11.0. The first-order valence-corrected chi connectivity index (χ1v) is 5.47. The Kier molecular flexibility index (Phi) is 2.65. The highest BCUT2D eigenvalue weighted by atomic mass is 79.9. The average Bonchev–Trinajstić information content (AvgIpc) is 2.62. The van der Waals surface area contributed by atoms with E-state index in [1.807, 2.05) is 6.07 Å². The van der Waals surface area contributed by atoms with E-state index in [4.69, 9.17) is 4.74 Å². The van der Waals surface area contributed by atoms with Gasteiger partial charge in [0.1, 0.15) is 0 Å². The Morgan fingerprint density at radius 1 is 1.53 bits per heavy atom. The molecule has 0 atom stereocenters. The zero-order valence-electron chi connectivity index (χ0n) is 8.25. The third kappa shape index (κ3) is 1.61. The third-order valence-corrected chi connectivity index (χ3v) is 3.26. The molecule has 0 unspecified atom stereocenters. The van der Waals surface area contributed by atoms with Gasteiger partial charge in [0.2, 0.25) is 5.75 Å². The molecule has 1 aliphatic carbocycles. The van der Waals surface area contributed by atoms with E-state index in [2.05, 4.69) is 15.9 Å². The van der Waals surface area contributed by atoms with Crippen LogP contribution in [0.15, 0.2) is 10.5 Å². The highest BCUT2D eigenvalue weighted by Gasteiger charge is 2.29. The number of nitrogens with zero attached hydrogens (tertiary/aromatic N) is 1. The van der Waals surface area contributed by atoms with Gasteiger partial charge in [0, 0.05) is 5.56 Å². The summed E-state index contributed by atoms with van der Waals surface area (Å²) in [6, 6.07) is 1.92. The predicted molar refractivity (Wildman–Crippen MR) is 59.4 cm³/mol. The number of ether oxygens (including phenoxy) is 1. The molecule has 0 saturated heterocycles. The summed E-state index contributed by atoms with van der Waals surface area (Å²) >= 11 is 3.30. The van der Waals surface area contributed by atoms with Crippen LogP contribution < -0.4 is 4.74 Å². The number of hydrogen-bond donors (Lipinski definition) is 0. The van der Waals surface area contributed by atoms with Crippen molar-refractivity contribution in [2.75, 3.05) is 7.11 Å². The Hall–Kier alpha value is -1.10. The molecule has 0 N–H and O–H groups in total. The van der Waals surface area contributed by atoms with Gasteiger partial charge in [-0.3, -0.25) is 10.1 Å². The normalized spacial score (nSPS) is 13.7. The smallest absolute Gasteiger partial charge is 0.315 e. The first-order chi connectivity index (χ1) is 7.15. The van der Waals surface area contributed by atoms with Crippen LogP contribution in [0.2, 0.25) is 0 Å². The SMILES string of the molecule is COc1c(Br)cc2c(c1[N+](=O)[O-])CCC2. The fourth-order valence-corrected chi connectivity index (χ4v) is 2.68. The van der Waals surface area contributed by atoms with E-state index in [1.54, 1.807) is 0 Å². The molecule has 5 heteroatoms. The highest BCUT2D eigenvalue weighted by molar-refractivity contribution is 9.10. The quantitative estimate of drug-likeness (QED) is 0.614. The van der Waals surface area contributed by atoms with E-state index in [0.717, 1.165) is 30.4 Å². The molecule has 15 heavy (non-hydrogen) atoms. The van der Waals surface area contributed by atoms with Crippen LogP contribution in [0.4, 0.5) is 5.69 Å². The van der Waals surface area contributed by atoms with Gasteiger partial charge in [-0.05, 0) is 46.8 Å². The molecule has 0 spiro atoms. The minimum atomic E-state index is -0.353. The van der Waals surface area contributed by atoms with Crippen LogP contribution in [0.1, 0.15) is 17.5 Å². The van der Waals surface area contributed by atoms with E-state index in [-0.39, 0.29) is 10.6 Å². The molecule has 0 aromatic heterocycles. The van der Waals surface area contributed by atoms with Crippen LogP contribution >= 0.6 is 15.9 Å². The van der Waals surface area contributed by atoms with E-state index in [9.17, 15) is 10.1 Å². The number of halogens is 1. The fraction of sp³-hybridized carbons (Fsp3) is 0.400. The number of fused-ring (bicyclic) bond motifs is 1. The number of nitro benzene ring substituents is 1. The highest BCUT2D eigenvalue weighted by Crippen LogP contribution is 2.42. The molecule has 1 aromatic carbocycles. The van der Waals surface area contributed by atoms with E-state index in [0.29, 0.717) is 10.2 Å². The van der Waals surface area contributed by atoms with Crippen molar-refractivity contribution < 1.29 is 9.66 Å². The van der Waals surface area contributed by atoms with Crippen molar-refractivity contribution in [2.45, 2.75) is 19.3 Å². The second-order valence-corrected chi connectivity index (χ2v) is 4.34. The van der Waals surface area contributed by atoms with E-state index < -0.39 is 0 Å². The molecule has 80 valence electrons. The average molecular weight is 272 g/mol. The first-order valence-electron chi connectivity index (χ1n) is 4.67. The number of methoxy groups -OCH3 is 1. The summed E-state index contributed by atoms with van der Waals surface area (Å²) in [4.78, 5) is 10.6. The van der Waals surface area contributed by atoms with Crippen molar-refractivity contribution in [2.24, 2.45) is 0 Å². The summed E-state index contributed by atoms with van der Waals surface area (Å²) in [5.41, 5.74) is 2.02. The summed E-state index contributed by atoms with van der Waals surface area (Å²) < 4.78 is 5.74. The Morgan fingerprint density at radius 2 is 2.27 bits per heavy atom. The lowest BCUT2D eigenvalue weighted by Crippen LogP contribution is -1.99. The minimum Gasteiger partial charge on any atom is -0.489 e. The number of benzene rings is 1. The Labute approximate surface area is 95.5 Å². The molecule has 0 saturated carbocycles. The van der Waals surface area contributed by atoms with E-state index >= 15 is 0 Å². The predicted octanol–water partition coefficient (Wildman–Crippen LogP) is 2.85. The molecule has 1 aromatic rings. The van der Waals surface area contributed by atoms with Crippen LogP contribution in [0.25, 0.3) is 0 Å². The zero-order chi connectivity index (χ0) is 11.0.